The van der Waals surface area contributed by atoms with Gasteiger partial charge in [0.1, 0.15) is 18.1 Å². The average molecular weight is 339 g/mol. The molecule has 4 nitrogen and oxygen atoms in total. The van der Waals surface area contributed by atoms with Crippen LogP contribution in [0.3, 0.4) is 0 Å². The highest BCUT2D eigenvalue weighted by Gasteiger charge is 2.07. The van der Waals surface area contributed by atoms with Crippen LogP contribution in [-0.2, 0) is 6.61 Å². The normalized spacial score (nSPS) is 10.2. The predicted molar refractivity (Wildman–Crippen MR) is 96.0 cm³/mol. The molecule has 2 aromatic carbocycles. The first-order chi connectivity index (χ1) is 11.7. The highest BCUT2D eigenvalue weighted by atomic mass is 32.1. The fraction of sp³-hybridized carbons (Fsp3) is 0.105. The van der Waals surface area contributed by atoms with Gasteiger partial charge in [-0.15, -0.1) is 11.3 Å². The molecular formula is C19H17NO3S. The number of ether oxygens (including phenoxy) is 2. The van der Waals surface area contributed by atoms with E-state index >= 15 is 0 Å². The number of anilines is 1. The second kappa shape index (κ2) is 7.66. The summed E-state index contributed by atoms with van der Waals surface area (Å²) in [5, 5.41) is 4.87. The first-order valence-corrected chi connectivity index (χ1v) is 8.33. The van der Waals surface area contributed by atoms with Crippen molar-refractivity contribution < 1.29 is 14.3 Å². The Hall–Kier alpha value is -2.79. The first-order valence-electron chi connectivity index (χ1n) is 7.45. The number of rotatable bonds is 6. The Labute approximate surface area is 144 Å². The van der Waals surface area contributed by atoms with Crippen molar-refractivity contribution in [3.8, 4) is 11.5 Å². The summed E-state index contributed by atoms with van der Waals surface area (Å²) in [6.45, 7) is 0.537. The molecule has 1 N–H and O–H groups in total. The van der Waals surface area contributed by atoms with Crippen LogP contribution in [0.2, 0.25) is 0 Å². The van der Waals surface area contributed by atoms with Gasteiger partial charge in [-0.1, -0.05) is 6.07 Å². The highest BCUT2D eigenvalue weighted by molar-refractivity contribution is 7.09. The summed E-state index contributed by atoms with van der Waals surface area (Å²) in [7, 11) is 1.61. The van der Waals surface area contributed by atoms with Gasteiger partial charge in [0.05, 0.1) is 7.11 Å². The SMILES string of the molecule is COc1ccc(NC(=O)c2ccc(OCc3cccs3)cc2)cc1. The number of thiophene rings is 1. The maximum absolute atomic E-state index is 12.2. The van der Waals surface area contributed by atoms with Crippen molar-refractivity contribution in [1.29, 1.82) is 0 Å². The fourth-order valence-electron chi connectivity index (χ4n) is 2.13. The van der Waals surface area contributed by atoms with Gasteiger partial charge in [-0.25, -0.2) is 0 Å². The maximum atomic E-state index is 12.2. The standard InChI is InChI=1S/C19H17NO3S/c1-22-16-10-6-15(7-11-16)20-19(21)14-4-8-17(9-5-14)23-13-18-3-2-12-24-18/h2-12H,13H2,1H3,(H,20,21). The van der Waals surface area contributed by atoms with Crippen LogP contribution in [0.5, 0.6) is 11.5 Å². The van der Waals surface area contributed by atoms with Gasteiger partial charge in [0.2, 0.25) is 0 Å². The molecule has 0 bridgehead atoms. The Morgan fingerprint density at radius 1 is 1.00 bits per heavy atom. The van der Waals surface area contributed by atoms with Crippen LogP contribution in [0.15, 0.2) is 66.0 Å². The predicted octanol–water partition coefficient (Wildman–Crippen LogP) is 4.59. The lowest BCUT2D eigenvalue weighted by molar-refractivity contribution is 0.102. The number of amides is 1. The molecule has 0 saturated heterocycles. The molecule has 1 heterocycles. The van der Waals surface area contributed by atoms with Gasteiger partial charge in [-0.05, 0) is 60.0 Å². The van der Waals surface area contributed by atoms with Gasteiger partial charge in [0.25, 0.3) is 5.91 Å². The molecule has 0 unspecified atom stereocenters. The Bertz CT molecular complexity index is 780. The van der Waals surface area contributed by atoms with Crippen molar-refractivity contribution in [2.24, 2.45) is 0 Å². The van der Waals surface area contributed by atoms with E-state index in [-0.39, 0.29) is 5.91 Å². The summed E-state index contributed by atoms with van der Waals surface area (Å²) in [4.78, 5) is 13.4. The van der Waals surface area contributed by atoms with E-state index in [4.69, 9.17) is 9.47 Å². The van der Waals surface area contributed by atoms with Gasteiger partial charge < -0.3 is 14.8 Å². The van der Waals surface area contributed by atoms with Crippen LogP contribution in [0.25, 0.3) is 0 Å². The Morgan fingerprint density at radius 3 is 2.33 bits per heavy atom. The molecule has 5 heteroatoms. The van der Waals surface area contributed by atoms with E-state index in [2.05, 4.69) is 5.32 Å². The molecule has 0 aliphatic rings. The van der Waals surface area contributed by atoms with Crippen LogP contribution in [0, 0.1) is 0 Å². The molecule has 0 radical (unpaired) electrons. The highest BCUT2D eigenvalue weighted by Crippen LogP contribution is 2.18. The topological polar surface area (TPSA) is 47.6 Å². The van der Waals surface area contributed by atoms with Crippen LogP contribution >= 0.6 is 11.3 Å². The number of carbonyl (C=O) groups is 1. The molecule has 122 valence electrons. The number of carbonyl (C=O) groups excluding carboxylic acids is 1. The van der Waals surface area contributed by atoms with Crippen molar-refractivity contribution in [3.63, 3.8) is 0 Å². The lowest BCUT2D eigenvalue weighted by Crippen LogP contribution is -2.11. The average Bonchev–Trinajstić information content (AvgIpc) is 3.14. The summed E-state index contributed by atoms with van der Waals surface area (Å²) in [5.41, 5.74) is 1.30. The van der Waals surface area contributed by atoms with Gasteiger partial charge in [0, 0.05) is 16.1 Å². The zero-order valence-electron chi connectivity index (χ0n) is 13.2. The van der Waals surface area contributed by atoms with Gasteiger partial charge in [-0.2, -0.15) is 0 Å². The number of nitrogens with one attached hydrogen (secondary N) is 1. The van der Waals surface area contributed by atoms with E-state index in [1.165, 1.54) is 0 Å². The number of methoxy groups -OCH3 is 1. The van der Waals surface area contributed by atoms with Crippen molar-refractivity contribution in [2.75, 3.05) is 12.4 Å². The summed E-state index contributed by atoms with van der Waals surface area (Å²) >= 11 is 1.66. The lowest BCUT2D eigenvalue weighted by Gasteiger charge is -2.08. The molecule has 0 aliphatic carbocycles. The molecule has 0 atom stereocenters. The van der Waals surface area contributed by atoms with Crippen molar-refractivity contribution in [1.82, 2.24) is 0 Å². The Morgan fingerprint density at radius 2 is 1.71 bits per heavy atom. The minimum atomic E-state index is -0.162. The molecule has 3 aromatic rings. The summed E-state index contributed by atoms with van der Waals surface area (Å²) < 4.78 is 10.8. The van der Waals surface area contributed by atoms with Crippen molar-refractivity contribution in [2.45, 2.75) is 6.61 Å². The minimum Gasteiger partial charge on any atom is -0.497 e. The molecule has 0 aliphatic heterocycles. The maximum Gasteiger partial charge on any atom is 0.255 e. The smallest absolute Gasteiger partial charge is 0.255 e. The number of benzene rings is 2. The zero-order valence-corrected chi connectivity index (χ0v) is 14.0. The Balaban J connectivity index is 1.58. The van der Waals surface area contributed by atoms with Crippen LogP contribution < -0.4 is 14.8 Å². The molecule has 0 fully saturated rings. The van der Waals surface area contributed by atoms with E-state index in [0.29, 0.717) is 12.2 Å². The van der Waals surface area contributed by atoms with Crippen molar-refractivity contribution >= 4 is 22.9 Å². The van der Waals surface area contributed by atoms with Crippen LogP contribution in [0.1, 0.15) is 15.2 Å². The zero-order chi connectivity index (χ0) is 16.8. The molecular weight excluding hydrogens is 322 g/mol. The summed E-state index contributed by atoms with van der Waals surface area (Å²) in [6, 6.07) is 18.3. The minimum absolute atomic E-state index is 0.162. The van der Waals surface area contributed by atoms with E-state index in [9.17, 15) is 4.79 Å². The number of hydrogen-bond acceptors (Lipinski definition) is 4. The monoisotopic (exact) mass is 339 g/mol. The van der Waals surface area contributed by atoms with Crippen LogP contribution in [0.4, 0.5) is 5.69 Å². The van der Waals surface area contributed by atoms with E-state index in [1.807, 2.05) is 17.5 Å². The Kier molecular flexibility index (Phi) is 5.13. The third kappa shape index (κ3) is 4.14. The molecule has 3 rings (SSSR count). The van der Waals surface area contributed by atoms with Gasteiger partial charge in [0.15, 0.2) is 0 Å². The second-order valence-corrected chi connectivity index (χ2v) is 6.11. The van der Waals surface area contributed by atoms with Crippen LogP contribution in [-0.4, -0.2) is 13.0 Å². The molecule has 0 spiro atoms. The quantitative estimate of drug-likeness (QED) is 0.714. The lowest BCUT2D eigenvalue weighted by atomic mass is 10.2. The van der Waals surface area contributed by atoms with Gasteiger partial charge >= 0.3 is 0 Å². The number of hydrogen-bond donors (Lipinski definition) is 1. The fourth-order valence-corrected chi connectivity index (χ4v) is 2.75. The molecule has 1 aromatic heterocycles. The van der Waals surface area contributed by atoms with E-state index < -0.39 is 0 Å². The second-order valence-electron chi connectivity index (χ2n) is 5.08. The molecule has 1 amide bonds. The van der Waals surface area contributed by atoms with E-state index in [1.54, 1.807) is 67.0 Å². The largest absolute Gasteiger partial charge is 0.497 e. The molecule has 24 heavy (non-hydrogen) atoms. The molecule has 0 saturated carbocycles. The first kappa shape index (κ1) is 16.1. The van der Waals surface area contributed by atoms with Crippen molar-refractivity contribution in [3.05, 3.63) is 76.5 Å². The third-order valence-corrected chi connectivity index (χ3v) is 4.28. The summed E-state index contributed by atoms with van der Waals surface area (Å²) in [5.74, 6) is 1.33. The third-order valence-electron chi connectivity index (χ3n) is 3.43. The summed E-state index contributed by atoms with van der Waals surface area (Å²) in [6.07, 6.45) is 0. The van der Waals surface area contributed by atoms with Gasteiger partial charge in [-0.3, -0.25) is 4.79 Å². The van der Waals surface area contributed by atoms with E-state index in [0.717, 1.165) is 22.1 Å².